The Hall–Kier alpha value is -1.28. The van der Waals surface area contributed by atoms with E-state index in [9.17, 15) is 0 Å². The third-order valence-corrected chi connectivity index (χ3v) is 2.57. The van der Waals surface area contributed by atoms with Gasteiger partial charge in [0, 0.05) is 0 Å². The molecule has 0 saturated heterocycles. The largest absolute Gasteiger partial charge is 0.466 e. The highest BCUT2D eigenvalue weighted by molar-refractivity contribution is 5.16. The van der Waals surface area contributed by atoms with E-state index in [1.54, 1.807) is 0 Å². The van der Waals surface area contributed by atoms with E-state index in [1.165, 1.54) is 0 Å². The molecular weight excluding hydrogens is 200 g/mol. The van der Waals surface area contributed by atoms with Crippen LogP contribution in [0.3, 0.4) is 0 Å². The van der Waals surface area contributed by atoms with E-state index in [4.69, 9.17) is 9.47 Å². The fourth-order valence-corrected chi connectivity index (χ4v) is 1.80. The van der Waals surface area contributed by atoms with Crippen LogP contribution in [-0.2, 0) is 9.47 Å². The predicted octanol–water partition coefficient (Wildman–Crippen LogP) is 3.48. The van der Waals surface area contributed by atoms with Crippen molar-refractivity contribution in [2.45, 2.75) is 38.6 Å². The molecule has 0 aromatic rings. The molecule has 2 atom stereocenters. The summed E-state index contributed by atoms with van der Waals surface area (Å²) in [7, 11) is 0. The van der Waals surface area contributed by atoms with Crippen molar-refractivity contribution in [2.75, 3.05) is 0 Å². The number of rotatable bonds is 4. The Kier molecular flexibility index (Phi) is 4.00. The van der Waals surface area contributed by atoms with Gasteiger partial charge in [-0.1, -0.05) is 30.4 Å². The Morgan fingerprint density at radius 1 is 1.25 bits per heavy atom. The Balaban J connectivity index is 1.77. The lowest BCUT2D eigenvalue weighted by atomic mass is 10.1. The maximum atomic E-state index is 5.76. The number of allylic oxidation sites excluding steroid dienone is 5. The van der Waals surface area contributed by atoms with Crippen LogP contribution in [0.5, 0.6) is 0 Å². The van der Waals surface area contributed by atoms with E-state index < -0.39 is 0 Å². The number of hydrogen-bond donors (Lipinski definition) is 0. The van der Waals surface area contributed by atoms with Gasteiger partial charge in [-0.3, -0.25) is 0 Å². The van der Waals surface area contributed by atoms with Crippen molar-refractivity contribution in [1.82, 2.24) is 0 Å². The maximum absolute atomic E-state index is 5.76. The summed E-state index contributed by atoms with van der Waals surface area (Å²) in [5.74, 6) is 0.925. The third kappa shape index (κ3) is 3.38. The van der Waals surface area contributed by atoms with Crippen molar-refractivity contribution in [3.63, 3.8) is 0 Å². The van der Waals surface area contributed by atoms with Crippen molar-refractivity contribution in [2.24, 2.45) is 0 Å². The maximum Gasteiger partial charge on any atom is 0.197 e. The molecule has 0 radical (unpaired) electrons. The van der Waals surface area contributed by atoms with Crippen molar-refractivity contribution >= 4 is 0 Å². The minimum Gasteiger partial charge on any atom is -0.466 e. The van der Waals surface area contributed by atoms with Gasteiger partial charge in [0.2, 0.25) is 0 Å². The topological polar surface area (TPSA) is 18.5 Å². The van der Waals surface area contributed by atoms with Crippen LogP contribution < -0.4 is 0 Å². The summed E-state index contributed by atoms with van der Waals surface area (Å²) in [6.45, 7) is 1.94. The smallest absolute Gasteiger partial charge is 0.197 e. The molecule has 2 heteroatoms. The van der Waals surface area contributed by atoms with Crippen molar-refractivity contribution in [3.05, 3.63) is 48.3 Å². The number of ether oxygens (including phenoxy) is 2. The van der Waals surface area contributed by atoms with Gasteiger partial charge in [-0.2, -0.15) is 0 Å². The van der Waals surface area contributed by atoms with Gasteiger partial charge in [-0.05, 0) is 38.3 Å². The normalized spacial score (nSPS) is 25.3. The van der Waals surface area contributed by atoms with Gasteiger partial charge >= 0.3 is 0 Å². The van der Waals surface area contributed by atoms with Gasteiger partial charge in [-0.25, -0.2) is 0 Å². The fraction of sp³-hybridized carbons (Fsp3) is 0.429. The van der Waals surface area contributed by atoms with Crippen LogP contribution in [0.4, 0.5) is 0 Å². The van der Waals surface area contributed by atoms with E-state index >= 15 is 0 Å². The van der Waals surface area contributed by atoms with Crippen LogP contribution in [-0.4, -0.2) is 12.4 Å². The molecule has 2 aliphatic rings. The third-order valence-electron chi connectivity index (χ3n) is 2.57. The predicted molar refractivity (Wildman–Crippen MR) is 64.8 cm³/mol. The first kappa shape index (κ1) is 11.2. The molecule has 0 fully saturated rings. The molecule has 0 heterocycles. The van der Waals surface area contributed by atoms with E-state index in [-0.39, 0.29) is 12.4 Å². The van der Waals surface area contributed by atoms with Crippen LogP contribution in [0.1, 0.15) is 26.2 Å². The van der Waals surface area contributed by atoms with Crippen LogP contribution in [0, 0.1) is 0 Å². The molecule has 2 rings (SSSR count). The summed E-state index contributed by atoms with van der Waals surface area (Å²) in [4.78, 5) is 0. The van der Waals surface area contributed by atoms with Gasteiger partial charge in [0.1, 0.15) is 5.76 Å². The van der Waals surface area contributed by atoms with Gasteiger partial charge < -0.3 is 9.47 Å². The highest BCUT2D eigenvalue weighted by Crippen LogP contribution is 2.16. The molecule has 0 spiro atoms. The van der Waals surface area contributed by atoms with Crippen LogP contribution >= 0.6 is 0 Å². The summed E-state index contributed by atoms with van der Waals surface area (Å²) in [6, 6.07) is 0. The minimum absolute atomic E-state index is 0.146. The summed E-state index contributed by atoms with van der Waals surface area (Å²) in [5, 5.41) is 0. The zero-order chi connectivity index (χ0) is 11.2. The molecule has 86 valence electrons. The van der Waals surface area contributed by atoms with Crippen molar-refractivity contribution in [1.29, 1.82) is 0 Å². The molecule has 2 aliphatic carbocycles. The lowest BCUT2D eigenvalue weighted by Gasteiger charge is -2.22. The van der Waals surface area contributed by atoms with Crippen LogP contribution in [0.25, 0.3) is 0 Å². The zero-order valence-corrected chi connectivity index (χ0v) is 9.63. The molecule has 2 nitrogen and oxygen atoms in total. The lowest BCUT2D eigenvalue weighted by Crippen LogP contribution is -2.20. The first-order valence-electron chi connectivity index (χ1n) is 5.87. The van der Waals surface area contributed by atoms with Crippen LogP contribution in [0.2, 0.25) is 0 Å². The monoisotopic (exact) mass is 218 g/mol. The van der Waals surface area contributed by atoms with Gasteiger partial charge in [0.15, 0.2) is 6.29 Å². The fourth-order valence-electron chi connectivity index (χ4n) is 1.80. The Morgan fingerprint density at radius 3 is 2.88 bits per heavy atom. The SMILES string of the molecule is CC(OC1=CCCC=C1)OC1C=CC=CC1. The Morgan fingerprint density at radius 2 is 2.19 bits per heavy atom. The quantitative estimate of drug-likeness (QED) is 0.672. The molecule has 16 heavy (non-hydrogen) atoms. The van der Waals surface area contributed by atoms with E-state index in [0.29, 0.717) is 0 Å². The lowest BCUT2D eigenvalue weighted by molar-refractivity contribution is -0.121. The van der Waals surface area contributed by atoms with Crippen LogP contribution in [0.15, 0.2) is 48.3 Å². The molecule has 0 N–H and O–H groups in total. The van der Waals surface area contributed by atoms with Crippen molar-refractivity contribution in [3.8, 4) is 0 Å². The second-order valence-electron chi connectivity index (χ2n) is 3.99. The summed E-state index contributed by atoms with van der Waals surface area (Å²) < 4.78 is 11.4. The molecule has 2 unspecified atom stereocenters. The highest BCUT2D eigenvalue weighted by Gasteiger charge is 2.12. The second kappa shape index (κ2) is 5.71. The average Bonchev–Trinajstić information content (AvgIpc) is 2.31. The van der Waals surface area contributed by atoms with Gasteiger partial charge in [0.25, 0.3) is 0 Å². The summed E-state index contributed by atoms with van der Waals surface area (Å²) in [6.07, 6.45) is 17.5. The summed E-state index contributed by atoms with van der Waals surface area (Å²) >= 11 is 0. The Bertz CT molecular complexity index is 337. The first-order chi connectivity index (χ1) is 7.84. The zero-order valence-electron chi connectivity index (χ0n) is 9.63. The van der Waals surface area contributed by atoms with E-state index in [0.717, 1.165) is 25.0 Å². The molecule has 0 aliphatic heterocycles. The molecule has 0 saturated carbocycles. The van der Waals surface area contributed by atoms with E-state index in [1.807, 2.05) is 25.2 Å². The molecule has 0 aromatic heterocycles. The second-order valence-corrected chi connectivity index (χ2v) is 3.99. The molecule has 0 bridgehead atoms. The highest BCUT2D eigenvalue weighted by atomic mass is 16.7. The van der Waals surface area contributed by atoms with Gasteiger partial charge in [-0.15, -0.1) is 0 Å². The first-order valence-corrected chi connectivity index (χ1v) is 5.87. The standard InChI is InChI=1S/C14H18O2/c1-12(15-13-8-4-2-5-9-13)16-14-10-6-3-7-11-14/h2,4-6,8,10-13H,3,7,9H2,1H3. The summed E-state index contributed by atoms with van der Waals surface area (Å²) in [5.41, 5.74) is 0. The Labute approximate surface area is 96.9 Å². The van der Waals surface area contributed by atoms with Crippen molar-refractivity contribution < 1.29 is 9.47 Å². The average molecular weight is 218 g/mol. The van der Waals surface area contributed by atoms with Gasteiger partial charge in [0.05, 0.1) is 6.10 Å². The molecule has 0 aromatic carbocycles. The minimum atomic E-state index is -0.199. The van der Waals surface area contributed by atoms with E-state index in [2.05, 4.69) is 24.3 Å². The molecular formula is C14H18O2. The number of hydrogen-bond acceptors (Lipinski definition) is 2. The molecule has 0 amide bonds.